The molecule has 0 fully saturated rings. The summed E-state index contributed by atoms with van der Waals surface area (Å²) < 4.78 is 45.1. The van der Waals surface area contributed by atoms with Gasteiger partial charge in [0.05, 0.1) is 5.56 Å². The Morgan fingerprint density at radius 3 is 2.24 bits per heavy atom. The standard InChI is InChI=1S/C18H16F3NO.C2H6/c1-17(2,3)12-7-8-15-14(9-12)22-10-11-5-4-6-13(16(11)23-15)18(19,20)21;1-2/h4-10H,1-3H3;1-2H3. The zero-order valence-electron chi connectivity index (χ0n) is 15.0. The van der Waals surface area contributed by atoms with Gasteiger partial charge in [-0.1, -0.05) is 46.8 Å². The summed E-state index contributed by atoms with van der Waals surface area (Å²) in [7, 11) is 0. The van der Waals surface area contributed by atoms with Gasteiger partial charge in [0.15, 0.2) is 5.75 Å². The minimum absolute atomic E-state index is 0.0825. The maximum absolute atomic E-state index is 13.2. The summed E-state index contributed by atoms with van der Waals surface area (Å²) in [6.07, 6.45) is -3.06. The van der Waals surface area contributed by atoms with Crippen LogP contribution in [-0.2, 0) is 11.6 Å². The molecule has 2 aromatic rings. The number of alkyl halides is 3. The maximum atomic E-state index is 13.2. The van der Waals surface area contributed by atoms with Crippen molar-refractivity contribution >= 4 is 11.9 Å². The first-order valence-electron chi connectivity index (χ1n) is 8.23. The number of ether oxygens (including phenoxy) is 1. The third kappa shape index (κ3) is 4.03. The number of fused-ring (bicyclic) bond motifs is 2. The summed E-state index contributed by atoms with van der Waals surface area (Å²) in [6.45, 7) is 10.2. The van der Waals surface area contributed by atoms with E-state index in [2.05, 4.69) is 25.8 Å². The van der Waals surface area contributed by atoms with E-state index < -0.39 is 11.7 Å². The van der Waals surface area contributed by atoms with Gasteiger partial charge in [0.25, 0.3) is 0 Å². The number of para-hydroxylation sites is 1. The van der Waals surface area contributed by atoms with E-state index in [4.69, 9.17) is 4.74 Å². The highest BCUT2D eigenvalue weighted by Crippen LogP contribution is 2.44. The van der Waals surface area contributed by atoms with E-state index in [1.807, 2.05) is 26.0 Å². The zero-order chi connectivity index (χ0) is 18.8. The van der Waals surface area contributed by atoms with Gasteiger partial charge in [-0.05, 0) is 35.2 Å². The van der Waals surface area contributed by atoms with Crippen LogP contribution in [0.1, 0.15) is 51.3 Å². The van der Waals surface area contributed by atoms with Gasteiger partial charge in [-0.3, -0.25) is 4.99 Å². The van der Waals surface area contributed by atoms with E-state index in [9.17, 15) is 13.2 Å². The predicted octanol–water partition coefficient (Wildman–Crippen LogP) is 6.89. The lowest BCUT2D eigenvalue weighted by molar-refractivity contribution is -0.138. The van der Waals surface area contributed by atoms with Crippen LogP contribution in [0.25, 0.3) is 0 Å². The molecule has 0 spiro atoms. The highest BCUT2D eigenvalue weighted by Gasteiger charge is 2.36. The van der Waals surface area contributed by atoms with Crippen LogP contribution < -0.4 is 4.74 Å². The van der Waals surface area contributed by atoms with Crippen molar-refractivity contribution < 1.29 is 17.9 Å². The van der Waals surface area contributed by atoms with Crippen molar-refractivity contribution in [2.24, 2.45) is 4.99 Å². The molecule has 0 aromatic heterocycles. The Morgan fingerprint density at radius 2 is 1.64 bits per heavy atom. The fourth-order valence-electron chi connectivity index (χ4n) is 2.41. The fourth-order valence-corrected chi connectivity index (χ4v) is 2.41. The van der Waals surface area contributed by atoms with E-state index in [0.717, 1.165) is 11.6 Å². The van der Waals surface area contributed by atoms with Gasteiger partial charge in [0.2, 0.25) is 0 Å². The van der Waals surface area contributed by atoms with Crippen molar-refractivity contribution in [2.75, 3.05) is 0 Å². The van der Waals surface area contributed by atoms with Crippen LogP contribution in [0.3, 0.4) is 0 Å². The molecule has 0 unspecified atom stereocenters. The monoisotopic (exact) mass is 349 g/mol. The predicted molar refractivity (Wildman–Crippen MR) is 95.3 cm³/mol. The fraction of sp³-hybridized carbons (Fsp3) is 0.350. The molecule has 0 saturated carbocycles. The summed E-state index contributed by atoms with van der Waals surface area (Å²) >= 11 is 0. The number of rotatable bonds is 0. The molecule has 0 amide bonds. The minimum atomic E-state index is -4.48. The van der Waals surface area contributed by atoms with Crippen LogP contribution >= 0.6 is 0 Å². The van der Waals surface area contributed by atoms with Crippen molar-refractivity contribution in [1.29, 1.82) is 0 Å². The van der Waals surface area contributed by atoms with Crippen LogP contribution in [0.2, 0.25) is 0 Å². The third-order valence-corrected chi connectivity index (χ3v) is 3.73. The maximum Gasteiger partial charge on any atom is 0.420 e. The molecule has 0 aliphatic carbocycles. The molecule has 0 bridgehead atoms. The van der Waals surface area contributed by atoms with Gasteiger partial charge in [-0.2, -0.15) is 13.2 Å². The summed E-state index contributed by atoms with van der Waals surface area (Å²) in [4.78, 5) is 4.31. The largest absolute Gasteiger partial charge is 0.454 e. The Morgan fingerprint density at radius 1 is 0.960 bits per heavy atom. The summed E-state index contributed by atoms with van der Waals surface area (Å²) in [5, 5.41) is 0. The van der Waals surface area contributed by atoms with Crippen molar-refractivity contribution in [3.05, 3.63) is 53.1 Å². The highest BCUT2D eigenvalue weighted by atomic mass is 19.4. The topological polar surface area (TPSA) is 21.6 Å². The molecule has 1 aliphatic heterocycles. The molecule has 25 heavy (non-hydrogen) atoms. The first kappa shape index (κ1) is 19.0. The minimum Gasteiger partial charge on any atom is -0.454 e. The van der Waals surface area contributed by atoms with E-state index >= 15 is 0 Å². The second kappa shape index (κ2) is 6.90. The van der Waals surface area contributed by atoms with E-state index in [-0.39, 0.29) is 11.2 Å². The molecular formula is C20H22F3NO. The van der Waals surface area contributed by atoms with Crippen LogP contribution in [0.15, 0.2) is 41.4 Å². The van der Waals surface area contributed by atoms with Crippen molar-refractivity contribution in [3.63, 3.8) is 0 Å². The molecule has 0 atom stereocenters. The molecule has 1 aliphatic rings. The van der Waals surface area contributed by atoms with Gasteiger partial charge in [-0.15, -0.1) is 0 Å². The average molecular weight is 349 g/mol. The van der Waals surface area contributed by atoms with Crippen LogP contribution in [0, 0.1) is 0 Å². The number of hydrogen-bond donors (Lipinski definition) is 0. The van der Waals surface area contributed by atoms with Gasteiger partial charge in [0.1, 0.15) is 11.4 Å². The quantitative estimate of drug-likeness (QED) is 0.433. The Balaban J connectivity index is 0.00000109. The average Bonchev–Trinajstić information content (AvgIpc) is 2.73. The third-order valence-electron chi connectivity index (χ3n) is 3.73. The Hall–Kier alpha value is -2.30. The second-order valence-corrected chi connectivity index (χ2v) is 6.51. The van der Waals surface area contributed by atoms with Crippen LogP contribution in [0.4, 0.5) is 18.9 Å². The highest BCUT2D eigenvalue weighted by molar-refractivity contribution is 5.88. The van der Waals surface area contributed by atoms with Gasteiger partial charge in [-0.25, -0.2) is 0 Å². The van der Waals surface area contributed by atoms with Crippen LogP contribution in [0.5, 0.6) is 11.5 Å². The smallest absolute Gasteiger partial charge is 0.420 e. The number of benzene rings is 2. The molecule has 0 N–H and O–H groups in total. The van der Waals surface area contributed by atoms with Gasteiger partial charge < -0.3 is 4.74 Å². The zero-order valence-corrected chi connectivity index (χ0v) is 15.0. The van der Waals surface area contributed by atoms with Crippen LogP contribution in [-0.4, -0.2) is 6.21 Å². The summed E-state index contributed by atoms with van der Waals surface area (Å²) in [5.41, 5.74) is 1.00. The lowest BCUT2D eigenvalue weighted by Gasteiger charge is -2.20. The molecule has 134 valence electrons. The van der Waals surface area contributed by atoms with E-state index in [1.54, 1.807) is 12.1 Å². The molecule has 3 rings (SSSR count). The number of halogens is 3. The lowest BCUT2D eigenvalue weighted by Crippen LogP contribution is -2.10. The van der Waals surface area contributed by atoms with Gasteiger partial charge >= 0.3 is 6.18 Å². The Kier molecular flexibility index (Phi) is 5.26. The van der Waals surface area contributed by atoms with Crippen molar-refractivity contribution in [2.45, 2.75) is 46.2 Å². The van der Waals surface area contributed by atoms with Crippen molar-refractivity contribution in [1.82, 2.24) is 0 Å². The second-order valence-electron chi connectivity index (χ2n) is 6.51. The normalized spacial score (nSPS) is 13.0. The lowest BCUT2D eigenvalue weighted by atomic mass is 9.87. The summed E-state index contributed by atoms with van der Waals surface area (Å²) in [6, 6.07) is 9.31. The molecule has 0 saturated heterocycles. The molecule has 5 heteroatoms. The Labute approximate surface area is 146 Å². The SMILES string of the molecule is CC.CC(C)(C)c1ccc2c(c1)N=Cc1cccc(C(F)(F)F)c1O2. The molecular weight excluding hydrogens is 327 g/mol. The van der Waals surface area contributed by atoms with Crippen molar-refractivity contribution in [3.8, 4) is 11.5 Å². The molecule has 2 nitrogen and oxygen atoms in total. The first-order valence-corrected chi connectivity index (χ1v) is 8.23. The number of aliphatic imine (C=N–C) groups is 1. The molecule has 2 aromatic carbocycles. The molecule has 1 heterocycles. The Bertz CT molecular complexity index is 787. The first-order chi connectivity index (χ1) is 11.7. The summed E-state index contributed by atoms with van der Waals surface area (Å²) in [5.74, 6) is 0.121. The molecule has 0 radical (unpaired) electrons. The van der Waals surface area contributed by atoms with E-state index in [0.29, 0.717) is 17.0 Å². The number of nitrogens with zero attached hydrogens (tertiary/aromatic N) is 1. The van der Waals surface area contributed by atoms with E-state index in [1.165, 1.54) is 12.3 Å². The number of hydrogen-bond acceptors (Lipinski definition) is 2. The van der Waals surface area contributed by atoms with Gasteiger partial charge in [0, 0.05) is 11.8 Å².